The first-order valence-corrected chi connectivity index (χ1v) is 13.5. The Labute approximate surface area is 220 Å². The van der Waals surface area contributed by atoms with E-state index in [0.29, 0.717) is 30.8 Å². The molecule has 37 heavy (non-hydrogen) atoms. The van der Waals surface area contributed by atoms with Gasteiger partial charge in [-0.1, -0.05) is 12.8 Å². The van der Waals surface area contributed by atoms with Crippen molar-refractivity contribution in [1.82, 2.24) is 24.8 Å². The van der Waals surface area contributed by atoms with Gasteiger partial charge in [-0.25, -0.2) is 15.0 Å². The number of aromatic nitrogens is 3. The zero-order valence-corrected chi connectivity index (χ0v) is 22.3. The number of hydrogen-bond donors (Lipinski definition) is 1. The van der Waals surface area contributed by atoms with Crippen molar-refractivity contribution in [2.75, 3.05) is 57.6 Å². The average molecular weight is 524 g/mol. The molecule has 0 aromatic carbocycles. The van der Waals surface area contributed by atoms with Crippen molar-refractivity contribution in [2.45, 2.75) is 37.6 Å². The second kappa shape index (κ2) is 11.0. The summed E-state index contributed by atoms with van der Waals surface area (Å²) in [5.41, 5.74) is 2.96. The summed E-state index contributed by atoms with van der Waals surface area (Å²) in [4.78, 5) is 44.4. The number of carbonyl (C=O) groups excluding carboxylic acids is 2. The summed E-state index contributed by atoms with van der Waals surface area (Å²) in [6.45, 7) is 3.38. The zero-order valence-electron chi connectivity index (χ0n) is 21.5. The molecule has 0 spiro atoms. The summed E-state index contributed by atoms with van der Waals surface area (Å²) in [5.74, 6) is 1.51. The SMILES string of the molecule is CN(C)C(=O)c1sc2cnc(Nc3ccc(N4CCN(C)C(COC=O)C4)cn3)nc2c1C1CCCC1. The Morgan fingerprint density at radius 2 is 2.03 bits per heavy atom. The van der Waals surface area contributed by atoms with Crippen LogP contribution >= 0.6 is 11.3 Å². The predicted molar refractivity (Wildman–Crippen MR) is 145 cm³/mol. The molecule has 11 heteroatoms. The minimum absolute atomic E-state index is 0.0283. The van der Waals surface area contributed by atoms with Crippen molar-refractivity contribution >= 4 is 51.4 Å². The van der Waals surface area contributed by atoms with Gasteiger partial charge in [-0.15, -0.1) is 11.3 Å². The van der Waals surface area contributed by atoms with Gasteiger partial charge in [0.15, 0.2) is 0 Å². The quantitative estimate of drug-likeness (QED) is 0.444. The first-order chi connectivity index (χ1) is 17.9. The molecule has 3 aromatic heterocycles. The van der Waals surface area contributed by atoms with E-state index in [1.807, 2.05) is 25.4 Å². The number of nitrogens with zero attached hydrogens (tertiary/aromatic N) is 6. The number of amides is 1. The van der Waals surface area contributed by atoms with Crippen LogP contribution in [0, 0.1) is 0 Å². The Bertz CT molecular complexity index is 1260. The molecule has 0 bridgehead atoms. The highest BCUT2D eigenvalue weighted by Crippen LogP contribution is 2.43. The maximum Gasteiger partial charge on any atom is 0.293 e. The van der Waals surface area contributed by atoms with Crippen molar-refractivity contribution in [3.63, 3.8) is 0 Å². The van der Waals surface area contributed by atoms with Crippen LogP contribution in [0.5, 0.6) is 0 Å². The number of anilines is 3. The van der Waals surface area contributed by atoms with Crippen LogP contribution in [0.15, 0.2) is 24.5 Å². The highest BCUT2D eigenvalue weighted by Gasteiger charge is 2.29. The van der Waals surface area contributed by atoms with Crippen LogP contribution in [0.4, 0.5) is 17.5 Å². The van der Waals surface area contributed by atoms with E-state index in [9.17, 15) is 9.59 Å². The maximum absolute atomic E-state index is 13.0. The molecule has 1 amide bonds. The van der Waals surface area contributed by atoms with Crippen LogP contribution < -0.4 is 10.2 Å². The van der Waals surface area contributed by atoms with Gasteiger partial charge in [-0.2, -0.15) is 0 Å². The molecule has 5 rings (SSSR count). The van der Waals surface area contributed by atoms with E-state index in [-0.39, 0.29) is 11.9 Å². The number of hydrogen-bond acceptors (Lipinski definition) is 10. The molecule has 2 aliphatic rings. The molecule has 1 saturated carbocycles. The Hall–Kier alpha value is -3.31. The minimum Gasteiger partial charge on any atom is -0.466 e. The number of fused-ring (bicyclic) bond motifs is 1. The molecule has 3 aromatic rings. The number of piperazine rings is 1. The minimum atomic E-state index is 0.0283. The van der Waals surface area contributed by atoms with E-state index in [1.165, 1.54) is 24.2 Å². The van der Waals surface area contributed by atoms with E-state index in [2.05, 4.69) is 25.1 Å². The molecular weight excluding hydrogens is 490 g/mol. The molecule has 1 unspecified atom stereocenters. The summed E-state index contributed by atoms with van der Waals surface area (Å²) in [5, 5.41) is 3.24. The van der Waals surface area contributed by atoms with Gasteiger partial charge in [0.2, 0.25) is 5.95 Å². The molecule has 1 aliphatic heterocycles. The highest BCUT2D eigenvalue weighted by molar-refractivity contribution is 7.21. The van der Waals surface area contributed by atoms with Gasteiger partial charge in [0.1, 0.15) is 12.4 Å². The Morgan fingerprint density at radius 3 is 2.73 bits per heavy atom. The third-order valence-electron chi connectivity index (χ3n) is 7.32. The number of likely N-dealkylation sites (N-methyl/N-ethyl adjacent to an activating group) is 1. The molecule has 1 N–H and O–H groups in total. The van der Waals surface area contributed by atoms with Gasteiger partial charge in [0.05, 0.1) is 39.2 Å². The lowest BCUT2D eigenvalue weighted by atomic mass is 9.96. The van der Waals surface area contributed by atoms with Crippen LogP contribution in [0.2, 0.25) is 0 Å². The predicted octanol–water partition coefficient (Wildman–Crippen LogP) is 3.48. The molecule has 1 aliphatic carbocycles. The molecular formula is C26H33N7O3S. The lowest BCUT2D eigenvalue weighted by Gasteiger charge is -2.39. The van der Waals surface area contributed by atoms with E-state index in [1.54, 1.807) is 25.2 Å². The summed E-state index contributed by atoms with van der Waals surface area (Å²) in [6, 6.07) is 4.09. The molecule has 10 nitrogen and oxygen atoms in total. The van der Waals surface area contributed by atoms with Gasteiger partial charge in [-0.3, -0.25) is 14.5 Å². The van der Waals surface area contributed by atoms with Crippen molar-refractivity contribution < 1.29 is 14.3 Å². The average Bonchev–Trinajstić information content (AvgIpc) is 3.56. The lowest BCUT2D eigenvalue weighted by molar-refractivity contribution is -0.130. The molecule has 1 saturated heterocycles. The fourth-order valence-corrected chi connectivity index (χ4v) is 6.42. The number of thiophene rings is 1. The largest absolute Gasteiger partial charge is 0.466 e. The summed E-state index contributed by atoms with van der Waals surface area (Å²) < 4.78 is 5.94. The lowest BCUT2D eigenvalue weighted by Crippen LogP contribution is -2.53. The standard InChI is InChI=1S/C26H33N7O3S/c1-31(2)25(35)24-22(17-6-4-5-7-17)23-20(37-24)13-28-26(30-23)29-21-9-8-18(12-27-21)33-11-10-32(3)19(14-33)15-36-16-34/h8-9,12-13,16-17,19H,4-7,10-11,14-15H2,1-3H3,(H,27,28,29,30). The zero-order chi connectivity index (χ0) is 25.9. The first-order valence-electron chi connectivity index (χ1n) is 12.7. The highest BCUT2D eigenvalue weighted by atomic mass is 32.1. The van der Waals surface area contributed by atoms with Crippen LogP contribution in [0.25, 0.3) is 10.2 Å². The summed E-state index contributed by atoms with van der Waals surface area (Å²) >= 11 is 1.49. The van der Waals surface area contributed by atoms with Crippen molar-refractivity contribution in [3.8, 4) is 0 Å². The monoisotopic (exact) mass is 523 g/mol. The van der Waals surface area contributed by atoms with Gasteiger partial charge in [0, 0.05) is 39.3 Å². The van der Waals surface area contributed by atoms with E-state index >= 15 is 0 Å². The fraction of sp³-hybridized carbons (Fsp3) is 0.500. The smallest absolute Gasteiger partial charge is 0.293 e. The van der Waals surface area contributed by atoms with E-state index in [0.717, 1.165) is 58.8 Å². The van der Waals surface area contributed by atoms with Gasteiger partial charge >= 0.3 is 0 Å². The Morgan fingerprint density at radius 1 is 1.22 bits per heavy atom. The summed E-state index contributed by atoms with van der Waals surface area (Å²) in [7, 11) is 5.63. The second-order valence-electron chi connectivity index (χ2n) is 9.97. The molecule has 0 radical (unpaired) electrons. The molecule has 2 fully saturated rings. The third kappa shape index (κ3) is 5.37. The second-order valence-corrected chi connectivity index (χ2v) is 11.0. The number of rotatable bonds is 8. The van der Waals surface area contributed by atoms with E-state index < -0.39 is 0 Å². The van der Waals surface area contributed by atoms with Crippen molar-refractivity contribution in [1.29, 1.82) is 0 Å². The normalized spacial score (nSPS) is 18.8. The van der Waals surface area contributed by atoms with Gasteiger partial charge in [-0.05, 0) is 37.9 Å². The van der Waals surface area contributed by atoms with Crippen molar-refractivity contribution in [2.24, 2.45) is 0 Å². The molecule has 196 valence electrons. The van der Waals surface area contributed by atoms with Crippen LogP contribution in [0.1, 0.15) is 46.8 Å². The Balaban J connectivity index is 1.35. The van der Waals surface area contributed by atoms with Crippen LogP contribution in [0.3, 0.4) is 0 Å². The van der Waals surface area contributed by atoms with Crippen LogP contribution in [-0.2, 0) is 9.53 Å². The number of carbonyl (C=O) groups is 2. The van der Waals surface area contributed by atoms with Gasteiger partial charge in [0.25, 0.3) is 12.4 Å². The Kier molecular flexibility index (Phi) is 7.52. The maximum atomic E-state index is 13.0. The number of ether oxygens (including phenoxy) is 1. The van der Waals surface area contributed by atoms with Gasteiger partial charge < -0.3 is 19.9 Å². The van der Waals surface area contributed by atoms with E-state index in [4.69, 9.17) is 9.72 Å². The molecule has 1 atom stereocenters. The fourth-order valence-electron chi connectivity index (χ4n) is 5.20. The van der Waals surface area contributed by atoms with Crippen LogP contribution in [-0.4, -0.2) is 90.6 Å². The first kappa shape index (κ1) is 25.3. The number of pyridine rings is 1. The summed E-state index contributed by atoms with van der Waals surface area (Å²) in [6.07, 6.45) is 8.19. The third-order valence-corrected chi connectivity index (χ3v) is 8.43. The number of nitrogens with one attached hydrogen (secondary N) is 1. The molecule has 4 heterocycles. The van der Waals surface area contributed by atoms with Crippen molar-refractivity contribution in [3.05, 3.63) is 35.0 Å². The topological polar surface area (TPSA) is 104 Å².